The van der Waals surface area contributed by atoms with E-state index in [0.29, 0.717) is 10.8 Å². The van der Waals surface area contributed by atoms with Crippen LogP contribution < -0.4 is 0 Å². The third-order valence-corrected chi connectivity index (χ3v) is 5.53. The van der Waals surface area contributed by atoms with Crippen LogP contribution in [0.25, 0.3) is 10.6 Å². The lowest BCUT2D eigenvalue weighted by molar-refractivity contribution is 0.0766. The molecule has 0 radical (unpaired) electrons. The SMILES string of the molecule is CCOCC1CCN(C(=O)c2sc(-c3c(C)noc3C)nc2C)C1. The lowest BCUT2D eigenvalue weighted by atomic mass is 10.1. The summed E-state index contributed by atoms with van der Waals surface area (Å²) in [6, 6.07) is 0. The Hall–Kier alpha value is -1.73. The molecular formula is C17H23N3O3S. The lowest BCUT2D eigenvalue weighted by Gasteiger charge is -2.15. The van der Waals surface area contributed by atoms with E-state index in [1.165, 1.54) is 11.3 Å². The van der Waals surface area contributed by atoms with E-state index in [0.717, 1.165) is 60.4 Å². The zero-order valence-corrected chi connectivity index (χ0v) is 15.4. The van der Waals surface area contributed by atoms with Crippen LogP contribution in [0.4, 0.5) is 0 Å². The van der Waals surface area contributed by atoms with Gasteiger partial charge in [-0.15, -0.1) is 11.3 Å². The molecule has 130 valence electrons. The van der Waals surface area contributed by atoms with Crippen LogP contribution in [-0.2, 0) is 4.74 Å². The smallest absolute Gasteiger partial charge is 0.265 e. The number of aryl methyl sites for hydroxylation is 3. The van der Waals surface area contributed by atoms with Crippen molar-refractivity contribution in [2.24, 2.45) is 5.92 Å². The van der Waals surface area contributed by atoms with Gasteiger partial charge in [0.05, 0.1) is 23.6 Å². The lowest BCUT2D eigenvalue weighted by Crippen LogP contribution is -2.29. The number of aromatic nitrogens is 2. The fourth-order valence-electron chi connectivity index (χ4n) is 3.07. The van der Waals surface area contributed by atoms with E-state index in [1.807, 2.05) is 32.6 Å². The van der Waals surface area contributed by atoms with E-state index in [9.17, 15) is 4.79 Å². The molecule has 1 fully saturated rings. The summed E-state index contributed by atoms with van der Waals surface area (Å²) in [5.74, 6) is 1.24. The molecule has 7 heteroatoms. The summed E-state index contributed by atoms with van der Waals surface area (Å²) in [7, 11) is 0. The van der Waals surface area contributed by atoms with Crippen LogP contribution in [-0.4, -0.2) is 47.3 Å². The van der Waals surface area contributed by atoms with E-state index in [1.54, 1.807) is 0 Å². The van der Waals surface area contributed by atoms with E-state index in [2.05, 4.69) is 10.1 Å². The number of likely N-dealkylation sites (tertiary alicyclic amines) is 1. The Morgan fingerprint density at radius 2 is 2.17 bits per heavy atom. The number of ether oxygens (including phenoxy) is 1. The number of amides is 1. The van der Waals surface area contributed by atoms with Crippen molar-refractivity contribution in [1.29, 1.82) is 0 Å². The van der Waals surface area contributed by atoms with Crippen LogP contribution in [0.2, 0.25) is 0 Å². The number of thiazole rings is 1. The van der Waals surface area contributed by atoms with Crippen molar-refractivity contribution in [3.8, 4) is 10.6 Å². The highest BCUT2D eigenvalue weighted by Gasteiger charge is 2.30. The Morgan fingerprint density at radius 1 is 1.38 bits per heavy atom. The molecule has 1 aliphatic heterocycles. The monoisotopic (exact) mass is 349 g/mol. The minimum Gasteiger partial charge on any atom is -0.381 e. The zero-order valence-electron chi connectivity index (χ0n) is 14.6. The molecule has 1 unspecified atom stereocenters. The summed E-state index contributed by atoms with van der Waals surface area (Å²) in [6.07, 6.45) is 1.00. The minimum absolute atomic E-state index is 0.0713. The molecule has 0 N–H and O–H groups in total. The van der Waals surface area contributed by atoms with E-state index in [4.69, 9.17) is 9.26 Å². The first-order chi connectivity index (χ1) is 11.5. The number of carbonyl (C=O) groups excluding carboxylic acids is 1. The summed E-state index contributed by atoms with van der Waals surface area (Å²) in [5, 5.41) is 4.78. The molecule has 0 spiro atoms. The van der Waals surface area contributed by atoms with Gasteiger partial charge in [-0.3, -0.25) is 4.79 Å². The second-order valence-electron chi connectivity index (χ2n) is 6.20. The molecule has 1 amide bonds. The van der Waals surface area contributed by atoms with Gasteiger partial charge in [0, 0.05) is 25.6 Å². The van der Waals surface area contributed by atoms with Gasteiger partial charge in [-0.25, -0.2) is 4.98 Å². The number of hydrogen-bond donors (Lipinski definition) is 0. The highest BCUT2D eigenvalue weighted by molar-refractivity contribution is 7.17. The van der Waals surface area contributed by atoms with E-state index in [-0.39, 0.29) is 5.91 Å². The van der Waals surface area contributed by atoms with Gasteiger partial charge in [-0.1, -0.05) is 5.16 Å². The third kappa shape index (κ3) is 3.23. The van der Waals surface area contributed by atoms with Crippen molar-refractivity contribution in [3.05, 3.63) is 22.0 Å². The molecule has 2 aromatic heterocycles. The predicted octanol–water partition coefficient (Wildman–Crippen LogP) is 3.22. The summed E-state index contributed by atoms with van der Waals surface area (Å²) in [4.78, 5) is 20.1. The van der Waals surface area contributed by atoms with Gasteiger partial charge >= 0.3 is 0 Å². The molecule has 0 aromatic carbocycles. The normalized spacial score (nSPS) is 17.7. The zero-order chi connectivity index (χ0) is 17.3. The van der Waals surface area contributed by atoms with Gasteiger partial charge in [-0.05, 0) is 34.1 Å². The molecule has 0 aliphatic carbocycles. The summed E-state index contributed by atoms with van der Waals surface area (Å²) < 4.78 is 10.7. The molecule has 0 bridgehead atoms. The Kier molecular flexibility index (Phi) is 5.01. The van der Waals surface area contributed by atoms with Gasteiger partial charge in [0.15, 0.2) is 0 Å². The van der Waals surface area contributed by atoms with Gasteiger partial charge in [0.1, 0.15) is 15.6 Å². The van der Waals surface area contributed by atoms with Crippen LogP contribution in [0.5, 0.6) is 0 Å². The van der Waals surface area contributed by atoms with Crippen molar-refractivity contribution < 1.29 is 14.1 Å². The average molecular weight is 349 g/mol. The minimum atomic E-state index is 0.0713. The maximum Gasteiger partial charge on any atom is 0.265 e. The van der Waals surface area contributed by atoms with Crippen LogP contribution in [0.15, 0.2) is 4.52 Å². The standard InChI is InChI=1S/C17H23N3O3S/c1-5-22-9-13-6-7-20(8-13)17(21)15-11(3)18-16(24-15)14-10(2)19-23-12(14)4/h13H,5-9H2,1-4H3. The molecule has 1 aliphatic rings. The maximum atomic E-state index is 12.9. The Labute approximate surface area is 145 Å². The second kappa shape index (κ2) is 7.03. The van der Waals surface area contributed by atoms with Crippen molar-refractivity contribution in [3.63, 3.8) is 0 Å². The Balaban J connectivity index is 1.77. The van der Waals surface area contributed by atoms with Gasteiger partial charge in [0.2, 0.25) is 0 Å². The fraction of sp³-hybridized carbons (Fsp3) is 0.588. The van der Waals surface area contributed by atoms with E-state index >= 15 is 0 Å². The highest BCUT2D eigenvalue weighted by Crippen LogP contribution is 2.33. The van der Waals surface area contributed by atoms with Gasteiger partial charge in [-0.2, -0.15) is 0 Å². The maximum absolute atomic E-state index is 12.9. The molecule has 3 rings (SSSR count). The molecule has 1 saturated heterocycles. The molecule has 6 nitrogen and oxygen atoms in total. The van der Waals surface area contributed by atoms with Crippen LogP contribution >= 0.6 is 11.3 Å². The van der Waals surface area contributed by atoms with Gasteiger partial charge < -0.3 is 14.2 Å². The first kappa shape index (κ1) is 17.1. The summed E-state index contributed by atoms with van der Waals surface area (Å²) in [5.41, 5.74) is 2.48. The molecular weight excluding hydrogens is 326 g/mol. The quantitative estimate of drug-likeness (QED) is 0.829. The summed E-state index contributed by atoms with van der Waals surface area (Å²) >= 11 is 1.43. The molecule has 0 saturated carbocycles. The first-order valence-electron chi connectivity index (χ1n) is 8.29. The van der Waals surface area contributed by atoms with Crippen LogP contribution in [0, 0.1) is 26.7 Å². The molecule has 24 heavy (non-hydrogen) atoms. The molecule has 3 heterocycles. The second-order valence-corrected chi connectivity index (χ2v) is 7.20. The van der Waals surface area contributed by atoms with Crippen molar-refractivity contribution >= 4 is 17.2 Å². The number of hydrogen-bond acceptors (Lipinski definition) is 6. The number of nitrogens with zero attached hydrogens (tertiary/aromatic N) is 3. The fourth-order valence-corrected chi connectivity index (χ4v) is 4.25. The molecule has 1 atom stereocenters. The van der Waals surface area contributed by atoms with Gasteiger partial charge in [0.25, 0.3) is 5.91 Å². The first-order valence-corrected chi connectivity index (χ1v) is 9.10. The summed E-state index contributed by atoms with van der Waals surface area (Å²) in [6.45, 7) is 10.6. The third-order valence-electron chi connectivity index (χ3n) is 4.37. The Morgan fingerprint density at radius 3 is 2.83 bits per heavy atom. The van der Waals surface area contributed by atoms with Crippen LogP contribution in [0.3, 0.4) is 0 Å². The largest absolute Gasteiger partial charge is 0.381 e. The predicted molar refractivity (Wildman–Crippen MR) is 92.3 cm³/mol. The Bertz CT molecular complexity index is 718. The number of rotatable bonds is 5. The topological polar surface area (TPSA) is 68.5 Å². The molecule has 2 aromatic rings. The average Bonchev–Trinajstić information content (AvgIpc) is 3.24. The highest BCUT2D eigenvalue weighted by atomic mass is 32.1. The van der Waals surface area contributed by atoms with Crippen LogP contribution in [0.1, 0.15) is 40.2 Å². The number of carbonyl (C=O) groups is 1. The van der Waals surface area contributed by atoms with Crippen molar-refractivity contribution in [2.45, 2.75) is 34.1 Å². The van der Waals surface area contributed by atoms with Crippen molar-refractivity contribution in [2.75, 3.05) is 26.3 Å². The van der Waals surface area contributed by atoms with Crippen molar-refractivity contribution in [1.82, 2.24) is 15.0 Å². The van der Waals surface area contributed by atoms with E-state index < -0.39 is 0 Å².